The molecule has 1 N–H and O–H groups in total. The summed E-state index contributed by atoms with van der Waals surface area (Å²) in [7, 11) is 0. The molecule has 2 rings (SSSR count). The van der Waals surface area contributed by atoms with E-state index >= 15 is 0 Å². The van der Waals surface area contributed by atoms with Crippen molar-refractivity contribution in [3.05, 3.63) is 41.7 Å². The van der Waals surface area contributed by atoms with Crippen molar-refractivity contribution in [3.63, 3.8) is 0 Å². The fourth-order valence-electron chi connectivity index (χ4n) is 1.48. The summed E-state index contributed by atoms with van der Waals surface area (Å²) in [6.45, 7) is 3.23. The Morgan fingerprint density at radius 2 is 2.18 bits per heavy atom. The first-order chi connectivity index (χ1) is 8.22. The van der Waals surface area contributed by atoms with Crippen LogP contribution in [-0.4, -0.2) is 21.5 Å². The summed E-state index contributed by atoms with van der Waals surface area (Å²) in [4.78, 5) is 0. The zero-order valence-corrected chi connectivity index (χ0v) is 9.32. The molecule has 0 amide bonds. The topological polar surface area (TPSA) is 42.7 Å². The molecule has 4 nitrogen and oxygen atoms in total. The summed E-state index contributed by atoms with van der Waals surface area (Å²) in [5, 5.41) is 10.5. The Kier molecular flexibility index (Phi) is 3.43. The van der Waals surface area contributed by atoms with Crippen LogP contribution in [0.5, 0.6) is 0 Å². The minimum absolute atomic E-state index is 0.0652. The minimum atomic E-state index is -0.533. The van der Waals surface area contributed by atoms with E-state index in [2.05, 4.69) is 15.6 Å². The van der Waals surface area contributed by atoms with E-state index in [9.17, 15) is 8.78 Å². The molecule has 0 aliphatic heterocycles. The van der Waals surface area contributed by atoms with E-state index in [1.54, 1.807) is 0 Å². The molecule has 0 radical (unpaired) electrons. The first-order valence-electron chi connectivity index (χ1n) is 5.28. The predicted molar refractivity (Wildman–Crippen MR) is 58.7 cm³/mol. The first-order valence-corrected chi connectivity index (χ1v) is 5.28. The zero-order valence-electron chi connectivity index (χ0n) is 9.32. The molecule has 0 atom stereocenters. The average Bonchev–Trinajstić information content (AvgIpc) is 2.77. The zero-order chi connectivity index (χ0) is 12.3. The van der Waals surface area contributed by atoms with Gasteiger partial charge in [-0.1, -0.05) is 12.1 Å². The number of nitrogens with zero attached hydrogens (tertiary/aromatic N) is 3. The Morgan fingerprint density at radius 1 is 1.35 bits per heavy atom. The van der Waals surface area contributed by atoms with Gasteiger partial charge < -0.3 is 5.32 Å². The maximum atomic E-state index is 13.6. The van der Waals surface area contributed by atoms with Crippen LogP contribution in [0.15, 0.2) is 24.4 Å². The first kappa shape index (κ1) is 11.7. The fourth-order valence-corrected chi connectivity index (χ4v) is 1.48. The highest BCUT2D eigenvalue weighted by molar-refractivity contribution is 5.34. The maximum absolute atomic E-state index is 13.6. The Hall–Kier alpha value is -1.82. The van der Waals surface area contributed by atoms with Crippen LogP contribution in [0.4, 0.5) is 8.78 Å². The lowest BCUT2D eigenvalue weighted by Gasteiger charge is -2.07. The number of rotatable bonds is 4. The Bertz CT molecular complexity index is 510. The van der Waals surface area contributed by atoms with E-state index in [4.69, 9.17) is 0 Å². The van der Waals surface area contributed by atoms with E-state index in [1.807, 2.05) is 6.92 Å². The van der Waals surface area contributed by atoms with Gasteiger partial charge in [0.25, 0.3) is 0 Å². The number of hydrogen-bond donors (Lipinski definition) is 1. The molecule has 90 valence electrons. The van der Waals surface area contributed by atoms with Crippen LogP contribution in [0.3, 0.4) is 0 Å². The Morgan fingerprint density at radius 3 is 2.94 bits per heavy atom. The molecule has 0 spiro atoms. The van der Waals surface area contributed by atoms with Crippen LogP contribution in [0, 0.1) is 11.6 Å². The lowest BCUT2D eigenvalue weighted by molar-refractivity contribution is 0.576. The van der Waals surface area contributed by atoms with Crippen LogP contribution in [-0.2, 0) is 6.54 Å². The van der Waals surface area contributed by atoms with Gasteiger partial charge in [0, 0.05) is 12.6 Å². The number of halogens is 2. The smallest absolute Gasteiger partial charge is 0.149 e. The molecule has 0 unspecified atom stereocenters. The highest BCUT2D eigenvalue weighted by atomic mass is 19.1. The Balaban J connectivity index is 2.38. The Labute approximate surface area is 97.3 Å². The second kappa shape index (κ2) is 5.01. The van der Waals surface area contributed by atoms with Gasteiger partial charge in [0.1, 0.15) is 17.3 Å². The highest BCUT2D eigenvalue weighted by Crippen LogP contribution is 2.15. The van der Waals surface area contributed by atoms with Gasteiger partial charge in [-0.05, 0) is 18.7 Å². The largest absolute Gasteiger partial charge is 0.311 e. The molecule has 0 saturated heterocycles. The van der Waals surface area contributed by atoms with Crippen molar-refractivity contribution in [2.75, 3.05) is 6.54 Å². The minimum Gasteiger partial charge on any atom is -0.311 e. The molecule has 1 aromatic heterocycles. The van der Waals surface area contributed by atoms with Crippen molar-refractivity contribution < 1.29 is 8.78 Å². The fraction of sp³-hybridized carbons (Fsp3) is 0.273. The van der Waals surface area contributed by atoms with E-state index in [0.29, 0.717) is 12.2 Å². The normalized spacial score (nSPS) is 10.8. The third kappa shape index (κ3) is 2.47. The number of hydrogen-bond acceptors (Lipinski definition) is 3. The van der Waals surface area contributed by atoms with Crippen LogP contribution in [0.1, 0.15) is 12.6 Å². The third-order valence-corrected chi connectivity index (χ3v) is 2.31. The van der Waals surface area contributed by atoms with E-state index in [1.165, 1.54) is 10.9 Å². The standard InChI is InChI=1S/C11H12F2N4/c1-2-14-6-9-7-15-16-17(9)11-5-8(12)3-4-10(11)13/h3-5,7,14H,2,6H2,1H3. The molecule has 2 aromatic rings. The summed E-state index contributed by atoms with van der Waals surface area (Å²) in [5.74, 6) is -1.04. The van der Waals surface area contributed by atoms with Crippen LogP contribution in [0.2, 0.25) is 0 Å². The molecule has 0 aliphatic rings. The lowest BCUT2D eigenvalue weighted by atomic mass is 10.3. The molecule has 0 aliphatic carbocycles. The van der Waals surface area contributed by atoms with Crippen molar-refractivity contribution in [1.29, 1.82) is 0 Å². The highest BCUT2D eigenvalue weighted by Gasteiger charge is 2.11. The summed E-state index contributed by atoms with van der Waals surface area (Å²) < 4.78 is 27.9. The van der Waals surface area contributed by atoms with Gasteiger partial charge in [-0.3, -0.25) is 0 Å². The average molecular weight is 238 g/mol. The van der Waals surface area contributed by atoms with E-state index in [0.717, 1.165) is 24.7 Å². The molecule has 1 aromatic carbocycles. The predicted octanol–water partition coefficient (Wildman–Crippen LogP) is 1.65. The summed E-state index contributed by atoms with van der Waals surface area (Å²) >= 11 is 0. The van der Waals surface area contributed by atoms with Gasteiger partial charge in [-0.25, -0.2) is 13.5 Å². The number of nitrogens with one attached hydrogen (secondary N) is 1. The van der Waals surface area contributed by atoms with Crippen LogP contribution in [0.25, 0.3) is 5.69 Å². The third-order valence-electron chi connectivity index (χ3n) is 2.31. The summed E-state index contributed by atoms with van der Waals surface area (Å²) in [6.07, 6.45) is 1.52. The lowest BCUT2D eigenvalue weighted by Crippen LogP contribution is -2.16. The van der Waals surface area contributed by atoms with Crippen molar-refractivity contribution in [2.24, 2.45) is 0 Å². The van der Waals surface area contributed by atoms with Gasteiger partial charge in [-0.15, -0.1) is 5.10 Å². The summed E-state index contributed by atoms with van der Waals surface area (Å²) in [6, 6.07) is 3.24. The molecule has 0 bridgehead atoms. The van der Waals surface area contributed by atoms with Crippen LogP contribution >= 0.6 is 0 Å². The maximum Gasteiger partial charge on any atom is 0.149 e. The molecular weight excluding hydrogens is 226 g/mol. The SMILES string of the molecule is CCNCc1cnnn1-c1cc(F)ccc1F. The molecular formula is C11H12F2N4. The monoisotopic (exact) mass is 238 g/mol. The van der Waals surface area contributed by atoms with E-state index in [-0.39, 0.29) is 5.69 Å². The second-order valence-corrected chi connectivity index (χ2v) is 3.51. The number of benzene rings is 1. The molecule has 1 heterocycles. The van der Waals surface area contributed by atoms with Crippen molar-refractivity contribution >= 4 is 0 Å². The summed E-state index contributed by atoms with van der Waals surface area (Å²) in [5.41, 5.74) is 0.742. The number of aromatic nitrogens is 3. The van der Waals surface area contributed by atoms with Gasteiger partial charge in [0.05, 0.1) is 11.9 Å². The van der Waals surface area contributed by atoms with Crippen molar-refractivity contribution in [3.8, 4) is 5.69 Å². The molecule has 0 fully saturated rings. The van der Waals surface area contributed by atoms with Gasteiger partial charge in [0.15, 0.2) is 0 Å². The molecule has 17 heavy (non-hydrogen) atoms. The van der Waals surface area contributed by atoms with Gasteiger partial charge in [-0.2, -0.15) is 0 Å². The second-order valence-electron chi connectivity index (χ2n) is 3.51. The van der Waals surface area contributed by atoms with Crippen molar-refractivity contribution in [1.82, 2.24) is 20.3 Å². The van der Waals surface area contributed by atoms with E-state index < -0.39 is 11.6 Å². The van der Waals surface area contributed by atoms with Gasteiger partial charge >= 0.3 is 0 Å². The van der Waals surface area contributed by atoms with Gasteiger partial charge in [0.2, 0.25) is 0 Å². The van der Waals surface area contributed by atoms with Crippen LogP contribution < -0.4 is 5.32 Å². The molecule has 6 heteroatoms. The quantitative estimate of drug-likeness (QED) is 0.880. The molecule has 0 saturated carbocycles. The van der Waals surface area contributed by atoms with Crippen molar-refractivity contribution in [2.45, 2.75) is 13.5 Å².